The fraction of sp³-hybridized carbons (Fsp3) is 0.125. The van der Waals surface area contributed by atoms with Crippen molar-refractivity contribution in [3.63, 3.8) is 0 Å². The van der Waals surface area contributed by atoms with E-state index in [0.717, 1.165) is 0 Å². The normalized spacial score (nSPS) is 8.69. The third kappa shape index (κ3) is 4.04. The van der Waals surface area contributed by atoms with E-state index < -0.39 is 5.97 Å². The Morgan fingerprint density at radius 3 is 2.62 bits per heavy atom. The summed E-state index contributed by atoms with van der Waals surface area (Å²) in [6.45, 7) is 0. The van der Waals surface area contributed by atoms with Crippen LogP contribution in [0.25, 0.3) is 0 Å². The number of carbonyl (C=O) groups is 1. The van der Waals surface area contributed by atoms with E-state index in [9.17, 15) is 4.79 Å². The Balaban J connectivity index is 0.00000144. The average Bonchev–Trinajstić information content (AvgIpc) is 2.09. The van der Waals surface area contributed by atoms with Gasteiger partial charge in [-0.3, -0.25) is 4.79 Å². The molecule has 0 saturated carbocycles. The Morgan fingerprint density at radius 2 is 2.08 bits per heavy atom. The van der Waals surface area contributed by atoms with Crippen LogP contribution in [-0.4, -0.2) is 41.3 Å². The molecule has 0 amide bonds. The van der Waals surface area contributed by atoms with Gasteiger partial charge in [-0.05, 0) is 12.1 Å². The van der Waals surface area contributed by atoms with Gasteiger partial charge in [-0.2, -0.15) is 12.6 Å². The summed E-state index contributed by atoms with van der Waals surface area (Å²) >= 11 is 3.76. The minimum atomic E-state index is -0.406. The van der Waals surface area contributed by atoms with Crippen LogP contribution in [-0.2, 0) is 4.79 Å². The molecule has 1 radical (unpaired) electrons. The van der Waals surface area contributed by atoms with E-state index in [4.69, 9.17) is 10.5 Å². The molecule has 0 unspecified atom stereocenters. The summed E-state index contributed by atoms with van der Waals surface area (Å²) in [5, 5.41) is 0. The van der Waals surface area contributed by atoms with Gasteiger partial charge in [0.25, 0.3) is 0 Å². The number of nitrogens with two attached hydrogens (primary N) is 1. The smallest absolute Gasteiger partial charge is 0.321 e. The quantitative estimate of drug-likeness (QED) is 0.246. The molecule has 3 nitrogen and oxygen atoms in total. The Morgan fingerprint density at radius 1 is 1.46 bits per heavy atom. The Bertz CT molecular complexity index is 293. The number of hydrogen-bond donors (Lipinski definition) is 2. The fourth-order valence-electron chi connectivity index (χ4n) is 0.728. The van der Waals surface area contributed by atoms with E-state index in [1.807, 2.05) is 0 Å². The van der Waals surface area contributed by atoms with Crippen LogP contribution in [0.15, 0.2) is 24.3 Å². The maximum absolute atomic E-state index is 10.8. The maximum Gasteiger partial charge on any atom is 0.321 e. The third-order valence-electron chi connectivity index (χ3n) is 1.27. The van der Waals surface area contributed by atoms with Gasteiger partial charge in [0.05, 0.1) is 11.4 Å². The van der Waals surface area contributed by atoms with Crippen molar-refractivity contribution in [2.24, 2.45) is 0 Å². The van der Waals surface area contributed by atoms with E-state index in [2.05, 4.69) is 12.6 Å². The van der Waals surface area contributed by atoms with Crippen molar-refractivity contribution < 1.29 is 9.53 Å². The molecule has 0 fully saturated rings. The number of benzene rings is 1. The standard InChI is InChI=1S/C8H9NO2S.Na/c9-6-3-1-2-4-7(6)11-8(10)5-12;/h1-4,12H,5,9H2;. The summed E-state index contributed by atoms with van der Waals surface area (Å²) in [4.78, 5) is 10.8. The Hall–Kier alpha value is -0.160. The monoisotopic (exact) mass is 206 g/mol. The van der Waals surface area contributed by atoms with Crippen molar-refractivity contribution in [2.45, 2.75) is 0 Å². The molecule has 13 heavy (non-hydrogen) atoms. The predicted molar refractivity (Wildman–Crippen MR) is 56.1 cm³/mol. The summed E-state index contributed by atoms with van der Waals surface area (Å²) < 4.78 is 4.85. The van der Waals surface area contributed by atoms with E-state index in [0.29, 0.717) is 11.4 Å². The van der Waals surface area contributed by atoms with Gasteiger partial charge in [0, 0.05) is 29.6 Å². The summed E-state index contributed by atoms with van der Waals surface area (Å²) in [6, 6.07) is 6.82. The average molecular weight is 206 g/mol. The molecule has 0 spiro atoms. The van der Waals surface area contributed by atoms with Crippen LogP contribution in [0.3, 0.4) is 0 Å². The zero-order valence-electron chi connectivity index (χ0n) is 7.36. The summed E-state index contributed by atoms with van der Waals surface area (Å²) in [5.74, 6) is 0.0294. The molecule has 0 saturated heterocycles. The number of esters is 1. The van der Waals surface area contributed by atoms with Gasteiger partial charge in [0.2, 0.25) is 0 Å². The van der Waals surface area contributed by atoms with Crippen molar-refractivity contribution in [1.82, 2.24) is 0 Å². The minimum Gasteiger partial charge on any atom is -0.424 e. The first-order valence-corrected chi connectivity index (χ1v) is 4.03. The van der Waals surface area contributed by atoms with Crippen LogP contribution in [0.2, 0.25) is 0 Å². The number of hydrogen-bond acceptors (Lipinski definition) is 4. The van der Waals surface area contributed by atoms with Gasteiger partial charge in [-0.15, -0.1) is 0 Å². The molecule has 2 N–H and O–H groups in total. The number of carbonyl (C=O) groups excluding carboxylic acids is 1. The molecule has 5 heteroatoms. The second-order valence-electron chi connectivity index (χ2n) is 2.17. The molecule has 1 rings (SSSR count). The van der Waals surface area contributed by atoms with Crippen LogP contribution < -0.4 is 10.5 Å². The van der Waals surface area contributed by atoms with E-state index >= 15 is 0 Å². The molecular weight excluding hydrogens is 197 g/mol. The fourth-order valence-corrected chi connectivity index (χ4v) is 0.793. The van der Waals surface area contributed by atoms with Gasteiger partial charge in [0.1, 0.15) is 0 Å². The van der Waals surface area contributed by atoms with Crippen LogP contribution in [0.1, 0.15) is 0 Å². The molecule has 0 atom stereocenters. The topological polar surface area (TPSA) is 52.3 Å². The molecule has 1 aromatic rings. The van der Waals surface area contributed by atoms with Crippen molar-refractivity contribution >= 4 is 53.8 Å². The second-order valence-corrected chi connectivity index (χ2v) is 2.49. The van der Waals surface area contributed by atoms with Crippen LogP contribution in [0.4, 0.5) is 5.69 Å². The van der Waals surface area contributed by atoms with Gasteiger partial charge >= 0.3 is 5.97 Å². The first-order valence-electron chi connectivity index (χ1n) is 3.40. The first kappa shape index (κ1) is 12.8. The molecule has 1 aromatic carbocycles. The largest absolute Gasteiger partial charge is 0.424 e. The number of anilines is 1. The maximum atomic E-state index is 10.8. The van der Waals surface area contributed by atoms with Gasteiger partial charge < -0.3 is 10.5 Å². The Labute approximate surface area is 104 Å². The summed E-state index contributed by atoms with van der Waals surface area (Å²) in [7, 11) is 0. The SMILES string of the molecule is Nc1ccccc1OC(=O)CS.[Na]. The number of ether oxygens (including phenoxy) is 1. The molecular formula is C8H9NNaO2S. The zero-order valence-corrected chi connectivity index (χ0v) is 10.3. The number of nitrogen functional groups attached to an aromatic ring is 1. The van der Waals surface area contributed by atoms with Crippen LogP contribution in [0.5, 0.6) is 5.75 Å². The first-order chi connectivity index (χ1) is 5.74. The van der Waals surface area contributed by atoms with E-state index in [1.54, 1.807) is 24.3 Å². The van der Waals surface area contributed by atoms with Gasteiger partial charge in [-0.25, -0.2) is 0 Å². The van der Waals surface area contributed by atoms with E-state index in [-0.39, 0.29) is 35.3 Å². The van der Waals surface area contributed by atoms with Crippen LogP contribution in [0, 0.1) is 0 Å². The molecule has 65 valence electrons. The molecule has 0 aliphatic rings. The van der Waals surface area contributed by atoms with Gasteiger partial charge in [0.15, 0.2) is 5.75 Å². The van der Waals surface area contributed by atoms with Crippen molar-refractivity contribution in [2.75, 3.05) is 11.5 Å². The Kier molecular flexibility index (Phi) is 6.24. The van der Waals surface area contributed by atoms with Crippen molar-refractivity contribution in [1.29, 1.82) is 0 Å². The molecule has 0 bridgehead atoms. The van der Waals surface area contributed by atoms with Crippen LogP contribution >= 0.6 is 12.6 Å². The predicted octanol–water partition coefficient (Wildman–Crippen LogP) is 0.723. The molecule has 0 aliphatic heterocycles. The van der Waals surface area contributed by atoms with Crippen molar-refractivity contribution in [3.8, 4) is 5.75 Å². The number of rotatable bonds is 2. The minimum absolute atomic E-state index is 0. The zero-order chi connectivity index (χ0) is 8.97. The van der Waals surface area contributed by atoms with Gasteiger partial charge in [-0.1, -0.05) is 12.1 Å². The second kappa shape index (κ2) is 6.32. The summed E-state index contributed by atoms with van der Waals surface area (Å²) in [5.41, 5.74) is 5.97. The molecule has 0 heterocycles. The molecule has 0 aromatic heterocycles. The number of para-hydroxylation sites is 2. The third-order valence-corrected chi connectivity index (χ3v) is 1.53. The summed E-state index contributed by atoms with van der Waals surface area (Å²) in [6.07, 6.45) is 0. The number of thiol groups is 1. The van der Waals surface area contributed by atoms with Crippen molar-refractivity contribution in [3.05, 3.63) is 24.3 Å². The van der Waals surface area contributed by atoms with E-state index in [1.165, 1.54) is 0 Å². The molecule has 0 aliphatic carbocycles.